The summed E-state index contributed by atoms with van der Waals surface area (Å²) >= 11 is 0. The first kappa shape index (κ1) is 11.5. The molecular formula is C22H26N2O2. The van der Waals surface area contributed by atoms with Crippen LogP contribution in [0.15, 0.2) is 51.9 Å². The lowest BCUT2D eigenvalue weighted by Crippen LogP contribution is -2.27. The molecule has 0 saturated carbocycles. The zero-order valence-corrected chi connectivity index (χ0v) is 14.7. The zero-order valence-electron chi connectivity index (χ0n) is 20.7. The fourth-order valence-electron chi connectivity index (χ4n) is 3.32. The van der Waals surface area contributed by atoms with Crippen LogP contribution in [0.5, 0.6) is 0 Å². The first-order valence-electron chi connectivity index (χ1n) is 11.9. The summed E-state index contributed by atoms with van der Waals surface area (Å²) in [5.74, 6) is -0.0918. The highest BCUT2D eigenvalue weighted by atomic mass is 16.3. The highest BCUT2D eigenvalue weighted by molar-refractivity contribution is 5.62. The van der Waals surface area contributed by atoms with Crippen molar-refractivity contribution in [1.82, 2.24) is 10.2 Å². The second kappa shape index (κ2) is 7.60. The molecule has 1 N–H and O–H groups in total. The quantitative estimate of drug-likeness (QED) is 0.910. The van der Waals surface area contributed by atoms with Crippen LogP contribution in [0.3, 0.4) is 0 Å². The third kappa shape index (κ3) is 3.81. The Kier molecular flexibility index (Phi) is 3.37. The summed E-state index contributed by atoms with van der Waals surface area (Å²) < 4.78 is 56.6. The van der Waals surface area contributed by atoms with Gasteiger partial charge in [-0.15, -0.1) is 0 Å². The number of hydrogen-bond donors (Lipinski definition) is 1. The van der Waals surface area contributed by atoms with Crippen molar-refractivity contribution in [2.75, 3.05) is 13.1 Å². The lowest BCUT2D eigenvalue weighted by atomic mass is 9.94. The van der Waals surface area contributed by atoms with Crippen molar-refractivity contribution in [3.05, 3.63) is 75.3 Å². The van der Waals surface area contributed by atoms with Crippen LogP contribution in [0.1, 0.15) is 50.4 Å². The predicted octanol–water partition coefficient (Wildman–Crippen LogP) is 3.56. The molecule has 4 nitrogen and oxygen atoms in total. The average molecular weight is 356 g/mol. The topological polar surface area (TPSA) is 45.5 Å². The number of nitrogens with zero attached hydrogens (tertiary/aromatic N) is 1. The summed E-state index contributed by atoms with van der Waals surface area (Å²) in [4.78, 5) is 13.3. The van der Waals surface area contributed by atoms with Gasteiger partial charge < -0.3 is 9.73 Å². The molecule has 0 amide bonds. The van der Waals surface area contributed by atoms with Gasteiger partial charge in [-0.05, 0) is 55.5 Å². The van der Waals surface area contributed by atoms with Crippen molar-refractivity contribution >= 4 is 5.57 Å². The maximum atomic E-state index is 12.8. The summed E-state index contributed by atoms with van der Waals surface area (Å²) in [6.07, 6.45) is 5.18. The summed E-state index contributed by atoms with van der Waals surface area (Å²) in [5.41, 5.74) is 0.716. The largest absolute Gasteiger partial charge is 0.467 e. The van der Waals surface area contributed by atoms with Crippen molar-refractivity contribution in [2.24, 2.45) is 5.92 Å². The number of hydrogen-bond acceptors (Lipinski definition) is 4. The maximum absolute atomic E-state index is 12.8. The SMILES string of the molecule is [2H]C([2H])(c1cc(=O)c(/C(C)=C/C2CCNCC2)co1)N1C([2H])([2H])c2ccccc2C1([2H])[2H]. The van der Waals surface area contributed by atoms with E-state index in [-0.39, 0.29) is 11.1 Å². The minimum absolute atomic E-state index is 0.0496. The normalized spacial score (nSPS) is 26.7. The van der Waals surface area contributed by atoms with Crippen LogP contribution in [0.4, 0.5) is 0 Å². The zero-order chi connectivity index (χ0) is 23.3. The number of nitrogens with one attached hydrogen (secondary N) is 1. The fourth-order valence-corrected chi connectivity index (χ4v) is 3.32. The van der Waals surface area contributed by atoms with E-state index < -0.39 is 30.7 Å². The second-order valence-corrected chi connectivity index (χ2v) is 6.68. The maximum Gasteiger partial charge on any atom is 0.192 e. The van der Waals surface area contributed by atoms with E-state index in [1.807, 2.05) is 13.0 Å². The Morgan fingerprint density at radius 1 is 1.35 bits per heavy atom. The first-order valence-corrected chi connectivity index (χ1v) is 8.90. The van der Waals surface area contributed by atoms with Crippen LogP contribution < -0.4 is 10.7 Å². The van der Waals surface area contributed by atoms with Gasteiger partial charge in [0.1, 0.15) is 12.0 Å². The van der Waals surface area contributed by atoms with Gasteiger partial charge in [0.25, 0.3) is 0 Å². The van der Waals surface area contributed by atoms with Crippen LogP contribution in [0.25, 0.3) is 5.57 Å². The minimum atomic E-state index is -2.73. The molecule has 2 aromatic rings. The Labute approximate surface area is 163 Å². The summed E-state index contributed by atoms with van der Waals surface area (Å²) in [7, 11) is 0. The molecular weight excluding hydrogens is 324 g/mol. The highest BCUT2D eigenvalue weighted by Gasteiger charge is 2.19. The number of piperidine rings is 1. The number of rotatable bonds is 4. The third-order valence-corrected chi connectivity index (χ3v) is 4.74. The molecule has 2 aliphatic rings. The molecule has 4 rings (SSSR count). The van der Waals surface area contributed by atoms with E-state index in [0.29, 0.717) is 16.4 Å². The van der Waals surface area contributed by atoms with Crippen molar-refractivity contribution < 1.29 is 12.6 Å². The van der Waals surface area contributed by atoms with Gasteiger partial charge in [0.15, 0.2) is 5.43 Å². The van der Waals surface area contributed by atoms with Crippen LogP contribution in [-0.4, -0.2) is 18.0 Å². The van der Waals surface area contributed by atoms with E-state index in [2.05, 4.69) is 5.32 Å². The Balaban J connectivity index is 1.70. The third-order valence-electron chi connectivity index (χ3n) is 4.74. The smallest absolute Gasteiger partial charge is 0.192 e. The summed E-state index contributed by atoms with van der Waals surface area (Å²) in [6.45, 7) is -3.97. The molecule has 1 aromatic heterocycles. The molecule has 0 unspecified atom stereocenters. The lowest BCUT2D eigenvalue weighted by Gasteiger charge is -2.20. The van der Waals surface area contributed by atoms with E-state index in [1.165, 1.54) is 18.4 Å². The van der Waals surface area contributed by atoms with E-state index in [1.54, 1.807) is 12.1 Å². The van der Waals surface area contributed by atoms with E-state index in [0.717, 1.165) is 37.6 Å². The first-order chi connectivity index (χ1) is 15.0. The Morgan fingerprint density at radius 3 is 2.69 bits per heavy atom. The molecule has 4 heteroatoms. The number of fused-ring (bicyclic) bond motifs is 1. The van der Waals surface area contributed by atoms with Gasteiger partial charge >= 0.3 is 0 Å². The van der Waals surface area contributed by atoms with Crippen molar-refractivity contribution in [3.63, 3.8) is 0 Å². The van der Waals surface area contributed by atoms with E-state index in [4.69, 9.17) is 12.6 Å². The average Bonchev–Trinajstić information content (AvgIpc) is 2.90. The Morgan fingerprint density at radius 2 is 2.04 bits per heavy atom. The molecule has 0 spiro atoms. The van der Waals surface area contributed by atoms with E-state index in [9.17, 15) is 4.79 Å². The van der Waals surface area contributed by atoms with Crippen molar-refractivity contribution in [3.8, 4) is 0 Å². The van der Waals surface area contributed by atoms with Crippen LogP contribution in [0.2, 0.25) is 0 Å². The lowest BCUT2D eigenvalue weighted by molar-refractivity contribution is 0.248. The standard InChI is InChI=1S/C22H26N2O2/c1-16(10-17-6-8-23-9-7-17)21-15-26-20(11-22(21)25)14-24-12-18-4-2-3-5-19(18)13-24/h2-5,10-11,15,17,23H,6-9,12-14H2,1H3/b16-10+/i12D2,13D2,14D2. The summed E-state index contributed by atoms with van der Waals surface area (Å²) in [6, 6.07) is 7.05. The monoisotopic (exact) mass is 356 g/mol. The molecule has 136 valence electrons. The predicted molar refractivity (Wildman–Crippen MR) is 104 cm³/mol. The molecule has 1 fully saturated rings. The molecule has 0 aliphatic carbocycles. The number of allylic oxidation sites excluding steroid dienone is 2. The Hall–Kier alpha value is -2.17. The van der Waals surface area contributed by atoms with Gasteiger partial charge in [-0.3, -0.25) is 9.69 Å². The van der Waals surface area contributed by atoms with Gasteiger partial charge in [0, 0.05) is 24.5 Å². The van der Waals surface area contributed by atoms with Crippen LogP contribution in [0, 0.1) is 5.92 Å². The Bertz CT molecular complexity index is 1070. The molecule has 1 aromatic carbocycles. The van der Waals surface area contributed by atoms with Gasteiger partial charge in [0.2, 0.25) is 0 Å². The van der Waals surface area contributed by atoms with Crippen molar-refractivity contribution in [1.29, 1.82) is 0 Å². The van der Waals surface area contributed by atoms with Crippen LogP contribution in [-0.2, 0) is 19.5 Å². The van der Waals surface area contributed by atoms with Crippen molar-refractivity contribution in [2.45, 2.75) is 39.3 Å². The number of benzene rings is 1. The highest BCUT2D eigenvalue weighted by Crippen LogP contribution is 2.24. The molecule has 3 heterocycles. The second-order valence-electron chi connectivity index (χ2n) is 6.68. The minimum Gasteiger partial charge on any atom is -0.467 e. The fraction of sp³-hybridized carbons (Fsp3) is 0.409. The van der Waals surface area contributed by atoms with E-state index >= 15 is 0 Å². The molecule has 1 saturated heterocycles. The van der Waals surface area contributed by atoms with Crippen LogP contribution >= 0.6 is 0 Å². The molecule has 26 heavy (non-hydrogen) atoms. The van der Waals surface area contributed by atoms with Gasteiger partial charge in [-0.1, -0.05) is 30.3 Å². The molecule has 0 radical (unpaired) electrons. The summed E-state index contributed by atoms with van der Waals surface area (Å²) in [5, 5.41) is 3.29. The van der Waals surface area contributed by atoms with Gasteiger partial charge in [-0.2, -0.15) is 0 Å². The van der Waals surface area contributed by atoms with Gasteiger partial charge in [0.05, 0.1) is 14.8 Å². The molecule has 2 aliphatic heterocycles. The van der Waals surface area contributed by atoms with Gasteiger partial charge in [-0.25, -0.2) is 0 Å². The molecule has 0 bridgehead atoms. The molecule has 0 atom stereocenters.